The van der Waals surface area contributed by atoms with Crippen LogP contribution in [0.4, 0.5) is 11.4 Å². The Bertz CT molecular complexity index is 714. The van der Waals surface area contributed by atoms with Gasteiger partial charge in [0.25, 0.3) is 11.5 Å². The fourth-order valence-electron chi connectivity index (χ4n) is 1.82. The third-order valence-electron chi connectivity index (χ3n) is 2.94. The SMILES string of the molecule is Cc1cc(Br)cc(N)c1NC(=O)c1ccn(C)c(=O)c1. The van der Waals surface area contributed by atoms with Crippen LogP contribution in [0.5, 0.6) is 0 Å². The second kappa shape index (κ2) is 5.50. The maximum atomic E-state index is 12.1. The number of aromatic nitrogens is 1. The molecule has 1 aromatic heterocycles. The van der Waals surface area contributed by atoms with Crippen LogP contribution in [0.25, 0.3) is 0 Å². The molecule has 0 spiro atoms. The summed E-state index contributed by atoms with van der Waals surface area (Å²) in [6, 6.07) is 6.45. The van der Waals surface area contributed by atoms with E-state index in [9.17, 15) is 9.59 Å². The van der Waals surface area contributed by atoms with E-state index in [1.54, 1.807) is 25.4 Å². The van der Waals surface area contributed by atoms with Crippen molar-refractivity contribution < 1.29 is 4.79 Å². The zero-order valence-corrected chi connectivity index (χ0v) is 12.7. The third kappa shape index (κ3) is 2.91. The Morgan fingerprint density at radius 3 is 2.65 bits per heavy atom. The van der Waals surface area contributed by atoms with E-state index in [0.29, 0.717) is 16.9 Å². The van der Waals surface area contributed by atoms with E-state index in [1.807, 2.05) is 13.0 Å². The van der Waals surface area contributed by atoms with Crippen LogP contribution in [0, 0.1) is 6.92 Å². The Labute approximate surface area is 124 Å². The number of hydrogen-bond acceptors (Lipinski definition) is 3. The molecule has 104 valence electrons. The number of carbonyl (C=O) groups is 1. The summed E-state index contributed by atoms with van der Waals surface area (Å²) in [7, 11) is 1.63. The quantitative estimate of drug-likeness (QED) is 0.826. The van der Waals surface area contributed by atoms with Crippen molar-refractivity contribution in [2.45, 2.75) is 6.92 Å². The van der Waals surface area contributed by atoms with E-state index in [0.717, 1.165) is 10.0 Å². The minimum absolute atomic E-state index is 0.238. The molecule has 1 aromatic carbocycles. The molecule has 0 aliphatic heterocycles. The molecule has 0 aliphatic rings. The number of nitrogen functional groups attached to an aromatic ring is 1. The fraction of sp³-hybridized carbons (Fsp3) is 0.143. The van der Waals surface area contributed by atoms with Gasteiger partial charge in [-0.25, -0.2) is 0 Å². The van der Waals surface area contributed by atoms with Crippen LogP contribution in [0.1, 0.15) is 15.9 Å². The molecule has 0 unspecified atom stereocenters. The lowest BCUT2D eigenvalue weighted by atomic mass is 10.1. The molecule has 6 heteroatoms. The van der Waals surface area contributed by atoms with Gasteiger partial charge in [0, 0.05) is 29.3 Å². The van der Waals surface area contributed by atoms with Crippen molar-refractivity contribution in [3.05, 3.63) is 56.4 Å². The van der Waals surface area contributed by atoms with Gasteiger partial charge in [-0.1, -0.05) is 15.9 Å². The normalized spacial score (nSPS) is 10.3. The summed E-state index contributed by atoms with van der Waals surface area (Å²) in [4.78, 5) is 23.7. The molecule has 3 N–H and O–H groups in total. The molecule has 0 saturated carbocycles. The van der Waals surface area contributed by atoms with Crippen LogP contribution >= 0.6 is 15.9 Å². The standard InChI is InChI=1S/C14H14BrN3O2/c1-8-5-10(15)7-11(16)13(8)17-14(20)9-3-4-18(2)12(19)6-9/h3-7H,16H2,1-2H3,(H,17,20). The van der Waals surface area contributed by atoms with Crippen molar-refractivity contribution in [3.8, 4) is 0 Å². The maximum Gasteiger partial charge on any atom is 0.255 e. The van der Waals surface area contributed by atoms with Gasteiger partial charge in [-0.2, -0.15) is 0 Å². The first-order valence-corrected chi connectivity index (χ1v) is 6.71. The summed E-state index contributed by atoms with van der Waals surface area (Å²) in [6.07, 6.45) is 1.55. The number of nitrogens with zero attached hydrogens (tertiary/aromatic N) is 1. The molecule has 2 rings (SSSR count). The number of nitrogens with one attached hydrogen (secondary N) is 1. The highest BCUT2D eigenvalue weighted by Crippen LogP contribution is 2.28. The second-order valence-electron chi connectivity index (χ2n) is 4.51. The minimum atomic E-state index is -0.361. The number of aryl methyl sites for hydroxylation is 2. The maximum absolute atomic E-state index is 12.1. The molecule has 2 aromatic rings. The number of amides is 1. The van der Waals surface area contributed by atoms with Crippen molar-refractivity contribution in [2.75, 3.05) is 11.1 Å². The van der Waals surface area contributed by atoms with Crippen LogP contribution in [-0.4, -0.2) is 10.5 Å². The van der Waals surface area contributed by atoms with Crippen molar-refractivity contribution >= 4 is 33.2 Å². The van der Waals surface area contributed by atoms with Crippen molar-refractivity contribution in [1.82, 2.24) is 4.57 Å². The Morgan fingerprint density at radius 1 is 1.35 bits per heavy atom. The molecule has 0 bridgehead atoms. The summed E-state index contributed by atoms with van der Waals surface area (Å²) in [5.74, 6) is -0.361. The predicted octanol–water partition coefficient (Wildman–Crippen LogP) is 2.29. The van der Waals surface area contributed by atoms with Crippen LogP contribution < -0.4 is 16.6 Å². The molecule has 1 amide bonds. The number of halogens is 1. The van der Waals surface area contributed by atoms with Crippen molar-refractivity contribution in [2.24, 2.45) is 7.05 Å². The van der Waals surface area contributed by atoms with Gasteiger partial charge in [0.05, 0.1) is 11.4 Å². The fourth-order valence-corrected chi connectivity index (χ4v) is 2.41. The molecule has 5 nitrogen and oxygen atoms in total. The van der Waals surface area contributed by atoms with Crippen LogP contribution in [0.2, 0.25) is 0 Å². The van der Waals surface area contributed by atoms with Gasteiger partial charge in [0.2, 0.25) is 0 Å². The number of benzene rings is 1. The van der Waals surface area contributed by atoms with Gasteiger partial charge in [0.15, 0.2) is 0 Å². The van der Waals surface area contributed by atoms with E-state index in [4.69, 9.17) is 5.73 Å². The molecule has 0 aliphatic carbocycles. The van der Waals surface area contributed by atoms with E-state index in [2.05, 4.69) is 21.2 Å². The van der Waals surface area contributed by atoms with Gasteiger partial charge < -0.3 is 15.6 Å². The summed E-state index contributed by atoms with van der Waals surface area (Å²) < 4.78 is 2.25. The Morgan fingerprint density at radius 2 is 2.05 bits per heavy atom. The second-order valence-corrected chi connectivity index (χ2v) is 5.42. The molecule has 1 heterocycles. The molecule has 0 saturated heterocycles. The zero-order valence-electron chi connectivity index (χ0n) is 11.1. The largest absolute Gasteiger partial charge is 0.397 e. The van der Waals surface area contributed by atoms with E-state index in [1.165, 1.54) is 10.6 Å². The minimum Gasteiger partial charge on any atom is -0.397 e. The smallest absolute Gasteiger partial charge is 0.255 e. The highest BCUT2D eigenvalue weighted by atomic mass is 79.9. The third-order valence-corrected chi connectivity index (χ3v) is 3.39. The lowest BCUT2D eigenvalue weighted by Crippen LogP contribution is -2.20. The Kier molecular flexibility index (Phi) is 3.94. The van der Waals surface area contributed by atoms with Crippen LogP contribution in [-0.2, 0) is 7.05 Å². The first kappa shape index (κ1) is 14.3. The van der Waals surface area contributed by atoms with Gasteiger partial charge >= 0.3 is 0 Å². The number of anilines is 2. The Hall–Kier alpha value is -2.08. The Balaban J connectivity index is 2.32. The number of hydrogen-bond donors (Lipinski definition) is 2. The molecular formula is C14H14BrN3O2. The molecular weight excluding hydrogens is 322 g/mol. The number of pyridine rings is 1. The first-order valence-electron chi connectivity index (χ1n) is 5.92. The predicted molar refractivity (Wildman–Crippen MR) is 82.9 cm³/mol. The van der Waals surface area contributed by atoms with Gasteiger partial charge in [-0.3, -0.25) is 9.59 Å². The number of nitrogens with two attached hydrogens (primary N) is 1. The van der Waals surface area contributed by atoms with Crippen LogP contribution in [0.3, 0.4) is 0 Å². The summed E-state index contributed by atoms with van der Waals surface area (Å²) in [5.41, 5.74) is 7.82. The zero-order chi connectivity index (χ0) is 14.9. The number of rotatable bonds is 2. The lowest BCUT2D eigenvalue weighted by Gasteiger charge is -2.12. The average Bonchev–Trinajstić information content (AvgIpc) is 2.36. The van der Waals surface area contributed by atoms with E-state index in [-0.39, 0.29) is 11.5 Å². The molecule has 20 heavy (non-hydrogen) atoms. The van der Waals surface area contributed by atoms with Crippen LogP contribution in [0.15, 0.2) is 39.7 Å². The van der Waals surface area contributed by atoms with Crippen molar-refractivity contribution in [1.29, 1.82) is 0 Å². The number of carbonyl (C=O) groups excluding carboxylic acids is 1. The molecule has 0 radical (unpaired) electrons. The average molecular weight is 336 g/mol. The van der Waals surface area contributed by atoms with Gasteiger partial charge in [-0.15, -0.1) is 0 Å². The topological polar surface area (TPSA) is 77.1 Å². The summed E-state index contributed by atoms with van der Waals surface area (Å²) in [6.45, 7) is 1.85. The van der Waals surface area contributed by atoms with Crippen molar-refractivity contribution in [3.63, 3.8) is 0 Å². The first-order chi connectivity index (χ1) is 9.38. The highest BCUT2D eigenvalue weighted by molar-refractivity contribution is 9.10. The molecule has 0 fully saturated rings. The van der Waals surface area contributed by atoms with Gasteiger partial charge in [-0.05, 0) is 30.7 Å². The summed E-state index contributed by atoms with van der Waals surface area (Å²) >= 11 is 3.34. The molecule has 0 atom stereocenters. The monoisotopic (exact) mass is 335 g/mol. The van der Waals surface area contributed by atoms with Gasteiger partial charge in [0.1, 0.15) is 0 Å². The summed E-state index contributed by atoms with van der Waals surface area (Å²) in [5, 5.41) is 2.74. The highest BCUT2D eigenvalue weighted by Gasteiger charge is 2.11. The van der Waals surface area contributed by atoms with E-state index < -0.39 is 0 Å². The lowest BCUT2D eigenvalue weighted by molar-refractivity contribution is 0.102. The van der Waals surface area contributed by atoms with E-state index >= 15 is 0 Å².